The van der Waals surface area contributed by atoms with Gasteiger partial charge in [0, 0.05) is 17.1 Å². The predicted octanol–water partition coefficient (Wildman–Crippen LogP) is 4.02. The Morgan fingerprint density at radius 2 is 2.05 bits per heavy atom. The van der Waals surface area contributed by atoms with Crippen LogP contribution in [0.2, 0.25) is 5.02 Å². The number of nitrogens with one attached hydrogen (secondary N) is 1. The highest BCUT2D eigenvalue weighted by Crippen LogP contribution is 2.29. The van der Waals surface area contributed by atoms with Crippen LogP contribution in [0.15, 0.2) is 42.5 Å². The van der Waals surface area contributed by atoms with Crippen molar-refractivity contribution < 1.29 is 9.13 Å². The molecule has 1 saturated heterocycles. The molecule has 110 valence electrons. The first-order valence-corrected chi connectivity index (χ1v) is 7.47. The number of hydrogen-bond donors (Lipinski definition) is 1. The Kier molecular flexibility index (Phi) is 4.54. The Bertz CT molecular complexity index is 626. The van der Waals surface area contributed by atoms with Crippen molar-refractivity contribution in [1.82, 2.24) is 5.32 Å². The molecular weight excluding hydrogens is 289 g/mol. The fourth-order valence-electron chi connectivity index (χ4n) is 2.59. The third-order valence-electron chi connectivity index (χ3n) is 3.73. The molecule has 0 radical (unpaired) electrons. The minimum Gasteiger partial charge on any atom is -0.372 e. The van der Waals surface area contributed by atoms with Crippen LogP contribution in [-0.4, -0.2) is 19.2 Å². The maximum atomic E-state index is 14.1. The van der Waals surface area contributed by atoms with Crippen molar-refractivity contribution in [2.24, 2.45) is 0 Å². The van der Waals surface area contributed by atoms with E-state index in [1.807, 2.05) is 24.3 Å². The maximum absolute atomic E-state index is 14.1. The summed E-state index contributed by atoms with van der Waals surface area (Å²) in [6, 6.07) is 12.3. The Hall–Kier alpha value is -1.42. The van der Waals surface area contributed by atoms with Crippen LogP contribution in [0.5, 0.6) is 0 Å². The second-order valence-corrected chi connectivity index (χ2v) is 5.64. The number of halogens is 2. The topological polar surface area (TPSA) is 21.3 Å². The van der Waals surface area contributed by atoms with Crippen molar-refractivity contribution >= 4 is 11.6 Å². The van der Waals surface area contributed by atoms with Crippen molar-refractivity contribution in [3.05, 3.63) is 58.9 Å². The first kappa shape index (κ1) is 14.5. The Labute approximate surface area is 128 Å². The molecule has 2 nitrogen and oxygen atoms in total. The lowest BCUT2D eigenvalue weighted by atomic mass is 9.99. The van der Waals surface area contributed by atoms with Gasteiger partial charge in [-0.15, -0.1) is 0 Å². The summed E-state index contributed by atoms with van der Waals surface area (Å²) in [5.74, 6) is -0.269. The van der Waals surface area contributed by atoms with Crippen LogP contribution < -0.4 is 5.32 Å². The quantitative estimate of drug-likeness (QED) is 0.921. The lowest BCUT2D eigenvalue weighted by Crippen LogP contribution is -2.16. The molecule has 1 fully saturated rings. The number of hydrogen-bond acceptors (Lipinski definition) is 2. The van der Waals surface area contributed by atoms with E-state index in [1.54, 1.807) is 12.1 Å². The monoisotopic (exact) mass is 305 g/mol. The fourth-order valence-corrected chi connectivity index (χ4v) is 2.76. The molecule has 0 aromatic heterocycles. The highest BCUT2D eigenvalue weighted by atomic mass is 35.5. The van der Waals surface area contributed by atoms with Crippen LogP contribution in [0, 0.1) is 5.82 Å². The molecule has 2 aromatic carbocycles. The van der Waals surface area contributed by atoms with Crippen LogP contribution in [0.1, 0.15) is 12.0 Å². The summed E-state index contributed by atoms with van der Waals surface area (Å²) >= 11 is 5.99. The second-order valence-electron chi connectivity index (χ2n) is 5.21. The van der Waals surface area contributed by atoms with E-state index in [4.69, 9.17) is 16.3 Å². The van der Waals surface area contributed by atoms with E-state index in [9.17, 15) is 4.39 Å². The summed E-state index contributed by atoms with van der Waals surface area (Å²) in [4.78, 5) is 0. The molecule has 1 aliphatic heterocycles. The van der Waals surface area contributed by atoms with Gasteiger partial charge >= 0.3 is 0 Å². The highest BCUT2D eigenvalue weighted by Gasteiger charge is 2.16. The molecule has 1 N–H and O–H groups in total. The highest BCUT2D eigenvalue weighted by molar-refractivity contribution is 6.30. The number of benzene rings is 2. The van der Waals surface area contributed by atoms with Crippen LogP contribution in [0.4, 0.5) is 4.39 Å². The summed E-state index contributed by atoms with van der Waals surface area (Å²) < 4.78 is 20.0. The zero-order chi connectivity index (χ0) is 14.7. The normalized spacial score (nSPS) is 18.1. The first-order valence-electron chi connectivity index (χ1n) is 7.09. The Morgan fingerprint density at radius 1 is 1.19 bits per heavy atom. The molecule has 1 aliphatic rings. The first-order chi connectivity index (χ1) is 10.2. The van der Waals surface area contributed by atoms with Gasteiger partial charge in [-0.1, -0.05) is 35.9 Å². The zero-order valence-electron chi connectivity index (χ0n) is 11.6. The van der Waals surface area contributed by atoms with E-state index in [1.165, 1.54) is 6.07 Å². The largest absolute Gasteiger partial charge is 0.372 e. The Balaban J connectivity index is 1.86. The van der Waals surface area contributed by atoms with E-state index < -0.39 is 0 Å². The molecular formula is C17H17ClFNO. The van der Waals surface area contributed by atoms with E-state index >= 15 is 0 Å². The van der Waals surface area contributed by atoms with Gasteiger partial charge < -0.3 is 10.1 Å². The summed E-state index contributed by atoms with van der Waals surface area (Å²) in [5, 5.41) is 3.80. The molecule has 21 heavy (non-hydrogen) atoms. The van der Waals surface area contributed by atoms with Gasteiger partial charge in [0.1, 0.15) is 5.82 Å². The summed E-state index contributed by atoms with van der Waals surface area (Å²) in [6.07, 6.45) is 1.26. The molecule has 2 aromatic rings. The molecule has 0 bridgehead atoms. The van der Waals surface area contributed by atoms with Crippen molar-refractivity contribution in [1.29, 1.82) is 0 Å². The average Bonchev–Trinajstić information content (AvgIpc) is 3.01. The van der Waals surface area contributed by atoms with Gasteiger partial charge in [0.25, 0.3) is 0 Å². The van der Waals surface area contributed by atoms with Gasteiger partial charge in [0.15, 0.2) is 0 Å². The van der Waals surface area contributed by atoms with Gasteiger partial charge in [-0.25, -0.2) is 4.39 Å². The molecule has 1 heterocycles. The minimum atomic E-state index is -0.269. The van der Waals surface area contributed by atoms with Crippen molar-refractivity contribution in [3.63, 3.8) is 0 Å². The molecule has 1 atom stereocenters. The molecule has 0 amide bonds. The van der Waals surface area contributed by atoms with Crippen molar-refractivity contribution in [2.75, 3.05) is 13.1 Å². The third kappa shape index (κ3) is 3.43. The van der Waals surface area contributed by atoms with E-state index in [0.717, 1.165) is 30.6 Å². The van der Waals surface area contributed by atoms with E-state index in [2.05, 4.69) is 5.32 Å². The number of ether oxygens (including phenoxy) is 1. The SMILES string of the molecule is Fc1ccc(Cl)cc1-c1ccccc1COC1CCNC1. The van der Waals surface area contributed by atoms with Crippen molar-refractivity contribution in [3.8, 4) is 11.1 Å². The van der Waals surface area contributed by atoms with Gasteiger partial charge in [0.2, 0.25) is 0 Å². The fraction of sp³-hybridized carbons (Fsp3) is 0.294. The summed E-state index contributed by atoms with van der Waals surface area (Å²) in [6.45, 7) is 2.36. The zero-order valence-corrected chi connectivity index (χ0v) is 12.4. The van der Waals surface area contributed by atoms with Gasteiger partial charge in [-0.05, 0) is 42.3 Å². The van der Waals surface area contributed by atoms with Crippen molar-refractivity contribution in [2.45, 2.75) is 19.1 Å². The molecule has 0 aliphatic carbocycles. The predicted molar refractivity (Wildman–Crippen MR) is 82.9 cm³/mol. The van der Waals surface area contributed by atoms with Gasteiger partial charge in [-0.3, -0.25) is 0 Å². The number of rotatable bonds is 4. The lowest BCUT2D eigenvalue weighted by Gasteiger charge is -2.14. The van der Waals surface area contributed by atoms with Crippen LogP contribution in [0.25, 0.3) is 11.1 Å². The van der Waals surface area contributed by atoms with Crippen LogP contribution in [-0.2, 0) is 11.3 Å². The molecule has 0 saturated carbocycles. The average molecular weight is 306 g/mol. The van der Waals surface area contributed by atoms with E-state index in [0.29, 0.717) is 17.2 Å². The van der Waals surface area contributed by atoms with Gasteiger partial charge in [0.05, 0.1) is 12.7 Å². The summed E-state index contributed by atoms with van der Waals surface area (Å²) in [7, 11) is 0. The molecule has 3 rings (SSSR count). The lowest BCUT2D eigenvalue weighted by molar-refractivity contribution is 0.0545. The van der Waals surface area contributed by atoms with E-state index in [-0.39, 0.29) is 11.9 Å². The smallest absolute Gasteiger partial charge is 0.131 e. The molecule has 4 heteroatoms. The van der Waals surface area contributed by atoms with Gasteiger partial charge in [-0.2, -0.15) is 0 Å². The minimum absolute atomic E-state index is 0.238. The standard InChI is InChI=1S/C17H17ClFNO/c18-13-5-6-17(19)16(9-13)15-4-2-1-3-12(15)11-21-14-7-8-20-10-14/h1-6,9,14,20H,7-8,10-11H2. The van der Waals surface area contributed by atoms with Crippen LogP contribution in [0.3, 0.4) is 0 Å². The molecule has 1 unspecified atom stereocenters. The molecule has 0 spiro atoms. The maximum Gasteiger partial charge on any atom is 0.131 e. The Morgan fingerprint density at radius 3 is 2.86 bits per heavy atom. The third-order valence-corrected chi connectivity index (χ3v) is 3.96. The second kappa shape index (κ2) is 6.56. The summed E-state index contributed by atoms with van der Waals surface area (Å²) in [5.41, 5.74) is 2.33. The van der Waals surface area contributed by atoms with Crippen LogP contribution >= 0.6 is 11.6 Å².